The van der Waals surface area contributed by atoms with E-state index in [1.54, 1.807) is 43.5 Å². The van der Waals surface area contributed by atoms with Crippen molar-refractivity contribution in [2.24, 2.45) is 5.41 Å². The largest absolute Gasteiger partial charge is 0.396 e. The number of pyridine rings is 1. The highest BCUT2D eigenvalue weighted by Crippen LogP contribution is 2.43. The van der Waals surface area contributed by atoms with Crippen molar-refractivity contribution >= 4 is 26.8 Å². The van der Waals surface area contributed by atoms with Gasteiger partial charge in [-0.1, -0.05) is 29.8 Å². The maximum Gasteiger partial charge on any atom is 0.288 e. The normalized spacial score (nSPS) is 14.4. The molecule has 4 nitrogen and oxygen atoms in total. The van der Waals surface area contributed by atoms with Crippen LogP contribution in [-0.2, 0) is 11.2 Å². The smallest absolute Gasteiger partial charge is 0.288 e. The van der Waals surface area contributed by atoms with Crippen molar-refractivity contribution in [3.05, 3.63) is 52.3 Å². The van der Waals surface area contributed by atoms with Crippen LogP contribution in [0, 0.1) is 5.41 Å². The summed E-state index contributed by atoms with van der Waals surface area (Å²) in [5.41, 5.74) is 1.86. The third kappa shape index (κ3) is 4.66. The number of aliphatic hydroxyl groups excluding tert-OH is 1. The molecule has 0 bridgehead atoms. The van der Waals surface area contributed by atoms with Crippen LogP contribution in [0.4, 0.5) is 13.2 Å². The van der Waals surface area contributed by atoms with E-state index in [-0.39, 0.29) is 6.61 Å². The molecule has 2 aromatic heterocycles. The fourth-order valence-corrected chi connectivity index (χ4v) is 4.14. The van der Waals surface area contributed by atoms with E-state index in [1.165, 1.54) is 7.11 Å². The van der Waals surface area contributed by atoms with Gasteiger partial charge in [-0.25, -0.2) is 13.2 Å². The monoisotopic (exact) mass is 498 g/mol. The first-order chi connectivity index (χ1) is 14.6. The molecule has 0 radical (unpaired) electrons. The van der Waals surface area contributed by atoms with Crippen molar-refractivity contribution in [3.8, 4) is 11.3 Å². The van der Waals surface area contributed by atoms with Crippen LogP contribution in [0.25, 0.3) is 22.2 Å². The Bertz CT molecular complexity index is 1070. The maximum atomic E-state index is 15.1. The zero-order valence-corrected chi connectivity index (χ0v) is 19.5. The SMILES string of the molecule is COC(C)c1ncccc1-c1c(CC(C)(C)CO)c2cc(Br)ccc2n1C(F)C(F)F. The maximum absolute atomic E-state index is 15.1. The van der Waals surface area contributed by atoms with E-state index in [0.717, 1.165) is 9.04 Å². The number of aromatic nitrogens is 2. The first kappa shape index (κ1) is 23.8. The Morgan fingerprint density at radius 3 is 2.55 bits per heavy atom. The second kappa shape index (κ2) is 9.30. The van der Waals surface area contributed by atoms with E-state index in [1.807, 2.05) is 13.8 Å². The van der Waals surface area contributed by atoms with E-state index < -0.39 is 24.2 Å². The van der Waals surface area contributed by atoms with Crippen molar-refractivity contribution in [1.82, 2.24) is 9.55 Å². The lowest BCUT2D eigenvalue weighted by Crippen LogP contribution is -2.21. The number of rotatable bonds is 8. The molecule has 31 heavy (non-hydrogen) atoms. The zero-order valence-electron chi connectivity index (χ0n) is 17.9. The van der Waals surface area contributed by atoms with Gasteiger partial charge in [0, 0.05) is 35.3 Å². The topological polar surface area (TPSA) is 47.3 Å². The number of nitrogens with zero attached hydrogens (tertiary/aromatic N) is 2. The minimum atomic E-state index is -3.21. The lowest BCUT2D eigenvalue weighted by Gasteiger charge is -2.24. The van der Waals surface area contributed by atoms with Crippen LogP contribution < -0.4 is 0 Å². The highest BCUT2D eigenvalue weighted by Gasteiger charge is 2.33. The molecule has 1 N–H and O–H groups in total. The van der Waals surface area contributed by atoms with E-state index in [0.29, 0.717) is 39.8 Å². The number of hydrogen-bond acceptors (Lipinski definition) is 3. The van der Waals surface area contributed by atoms with Gasteiger partial charge in [-0.2, -0.15) is 0 Å². The molecule has 0 aliphatic rings. The molecule has 0 saturated carbocycles. The fraction of sp³-hybridized carbons (Fsp3) is 0.435. The van der Waals surface area contributed by atoms with E-state index in [2.05, 4.69) is 20.9 Å². The minimum absolute atomic E-state index is 0.116. The molecule has 0 fully saturated rings. The second-order valence-corrected chi connectivity index (χ2v) is 9.29. The molecule has 3 aromatic rings. The molecule has 2 unspecified atom stereocenters. The number of alkyl halides is 3. The highest BCUT2D eigenvalue weighted by atomic mass is 79.9. The third-order valence-electron chi connectivity index (χ3n) is 5.44. The molecule has 8 heteroatoms. The number of ether oxygens (including phenoxy) is 1. The fourth-order valence-electron chi connectivity index (χ4n) is 3.78. The van der Waals surface area contributed by atoms with Crippen molar-refractivity contribution in [1.29, 1.82) is 0 Å². The van der Waals surface area contributed by atoms with Gasteiger partial charge < -0.3 is 14.4 Å². The lowest BCUT2D eigenvalue weighted by atomic mass is 9.84. The van der Waals surface area contributed by atoms with Gasteiger partial charge in [0.25, 0.3) is 6.43 Å². The molecule has 0 saturated heterocycles. The number of hydrogen-bond donors (Lipinski definition) is 1. The summed E-state index contributed by atoms with van der Waals surface area (Å²) in [4.78, 5) is 4.41. The Morgan fingerprint density at radius 1 is 1.23 bits per heavy atom. The summed E-state index contributed by atoms with van der Waals surface area (Å²) in [6, 6.07) is 8.56. The Labute approximate surface area is 188 Å². The van der Waals surface area contributed by atoms with E-state index in [9.17, 15) is 13.9 Å². The molecule has 0 amide bonds. The van der Waals surface area contributed by atoms with Gasteiger partial charge in [-0.15, -0.1) is 0 Å². The average Bonchev–Trinajstić information content (AvgIpc) is 3.04. The molecule has 2 heterocycles. The van der Waals surface area contributed by atoms with Gasteiger partial charge in [-0.3, -0.25) is 4.98 Å². The van der Waals surface area contributed by atoms with Gasteiger partial charge in [-0.05, 0) is 54.7 Å². The summed E-state index contributed by atoms with van der Waals surface area (Å²) < 4.78 is 49.7. The summed E-state index contributed by atoms with van der Waals surface area (Å²) in [6.07, 6.45) is -4.25. The first-order valence-corrected chi connectivity index (χ1v) is 10.7. The van der Waals surface area contributed by atoms with Gasteiger partial charge in [0.05, 0.1) is 23.0 Å². The number of methoxy groups -OCH3 is 1. The van der Waals surface area contributed by atoms with Crippen LogP contribution in [0.3, 0.4) is 0 Å². The molecule has 0 spiro atoms. The predicted octanol–water partition coefficient (Wildman–Crippen LogP) is 6.47. The van der Waals surface area contributed by atoms with Crippen molar-refractivity contribution in [2.45, 2.75) is 46.0 Å². The summed E-state index contributed by atoms with van der Waals surface area (Å²) >= 11 is 3.44. The minimum Gasteiger partial charge on any atom is -0.396 e. The summed E-state index contributed by atoms with van der Waals surface area (Å²) in [5.74, 6) is 0. The summed E-state index contributed by atoms with van der Waals surface area (Å²) in [7, 11) is 1.53. The van der Waals surface area contributed by atoms with Crippen molar-refractivity contribution < 1.29 is 23.0 Å². The number of halogens is 4. The Hall–Kier alpha value is -1.90. The van der Waals surface area contributed by atoms with Crippen LogP contribution in [0.15, 0.2) is 41.0 Å². The van der Waals surface area contributed by atoms with Gasteiger partial charge in [0.2, 0.25) is 6.30 Å². The quantitative estimate of drug-likeness (QED) is 0.387. The highest BCUT2D eigenvalue weighted by molar-refractivity contribution is 9.10. The second-order valence-electron chi connectivity index (χ2n) is 8.38. The molecular weight excluding hydrogens is 473 g/mol. The number of aliphatic hydroxyl groups is 1. The van der Waals surface area contributed by atoms with Gasteiger partial charge in [0.15, 0.2) is 0 Å². The number of fused-ring (bicyclic) bond motifs is 1. The average molecular weight is 499 g/mol. The Morgan fingerprint density at radius 2 is 1.94 bits per heavy atom. The van der Waals surface area contributed by atoms with Crippen LogP contribution >= 0.6 is 15.9 Å². The van der Waals surface area contributed by atoms with E-state index in [4.69, 9.17) is 4.74 Å². The molecule has 2 atom stereocenters. The van der Waals surface area contributed by atoms with Crippen LogP contribution in [-0.4, -0.2) is 34.8 Å². The molecule has 0 aliphatic heterocycles. The molecule has 168 valence electrons. The van der Waals surface area contributed by atoms with Crippen LogP contribution in [0.5, 0.6) is 0 Å². The van der Waals surface area contributed by atoms with Gasteiger partial charge >= 0.3 is 0 Å². The van der Waals surface area contributed by atoms with Crippen LogP contribution in [0.1, 0.15) is 44.4 Å². The van der Waals surface area contributed by atoms with Crippen LogP contribution in [0.2, 0.25) is 0 Å². The van der Waals surface area contributed by atoms with Gasteiger partial charge in [0.1, 0.15) is 0 Å². The van der Waals surface area contributed by atoms with Crippen molar-refractivity contribution in [2.75, 3.05) is 13.7 Å². The third-order valence-corrected chi connectivity index (χ3v) is 5.93. The lowest BCUT2D eigenvalue weighted by molar-refractivity contribution is 0.0114. The standard InChI is InChI=1S/C23H26BrF3N2O2/c1-13(31-4)19-15(6-5-9-28-19)20-17(11-23(2,3)12-30)16-10-14(24)7-8-18(16)29(20)22(27)21(25)26/h5-10,13,21-22,30H,11-12H2,1-4H3. The van der Waals surface area contributed by atoms with E-state index >= 15 is 4.39 Å². The number of benzene rings is 1. The summed E-state index contributed by atoms with van der Waals surface area (Å²) in [6.45, 7) is 5.43. The summed E-state index contributed by atoms with van der Waals surface area (Å²) in [5, 5.41) is 10.5. The first-order valence-electron chi connectivity index (χ1n) is 9.94. The molecule has 0 aliphatic carbocycles. The Balaban J connectivity index is 2.47. The van der Waals surface area contributed by atoms with Crippen molar-refractivity contribution in [3.63, 3.8) is 0 Å². The zero-order chi connectivity index (χ0) is 22.9. The molecular formula is C23H26BrF3N2O2. The Kier molecular flexibility index (Phi) is 7.13. The predicted molar refractivity (Wildman–Crippen MR) is 119 cm³/mol. The molecule has 3 rings (SSSR count). The molecule has 1 aromatic carbocycles.